The van der Waals surface area contributed by atoms with Crippen LogP contribution in [0.25, 0.3) is 0 Å². The number of methoxy groups -OCH3 is 3. The first kappa shape index (κ1) is 41.3. The van der Waals surface area contributed by atoms with Crippen LogP contribution in [0.15, 0.2) is 53.5 Å². The second-order valence-electron chi connectivity index (χ2n) is 9.73. The lowest BCUT2D eigenvalue weighted by Crippen LogP contribution is -1.97. The van der Waals surface area contributed by atoms with E-state index in [0.29, 0.717) is 11.1 Å². The molecule has 0 spiro atoms. The second-order valence-corrected chi connectivity index (χ2v) is 9.73. The molecule has 7 heteroatoms. The molecule has 2 aromatic rings. The van der Waals surface area contributed by atoms with Gasteiger partial charge in [-0.25, -0.2) is 0 Å². The summed E-state index contributed by atoms with van der Waals surface area (Å²) in [6.07, 6.45) is 18.6. The Bertz CT molecular complexity index is 862. The van der Waals surface area contributed by atoms with E-state index in [1.54, 1.807) is 45.6 Å². The Hall–Kier alpha value is -2.87. The molecule has 0 radical (unpaired) electrons. The van der Waals surface area contributed by atoms with Crippen LogP contribution in [0, 0.1) is 0 Å². The van der Waals surface area contributed by atoms with E-state index in [9.17, 15) is 9.59 Å². The van der Waals surface area contributed by atoms with E-state index in [4.69, 9.17) is 19.9 Å². The van der Waals surface area contributed by atoms with Gasteiger partial charge in [0.25, 0.3) is 0 Å². The summed E-state index contributed by atoms with van der Waals surface area (Å²) in [4.78, 5) is 25.1. The van der Waals surface area contributed by atoms with Gasteiger partial charge >= 0.3 is 0 Å². The Labute approximate surface area is 256 Å². The predicted molar refractivity (Wildman–Crippen MR) is 178 cm³/mol. The Balaban J connectivity index is 0. The minimum absolute atomic E-state index is 0. The molecule has 0 aliphatic carbocycles. The summed E-state index contributed by atoms with van der Waals surface area (Å²) in [5.74, 6) is 0.769. The van der Waals surface area contributed by atoms with Crippen molar-refractivity contribution in [3.63, 3.8) is 0 Å². The van der Waals surface area contributed by atoms with Crippen LogP contribution in [0.5, 0.6) is 5.75 Å². The third kappa shape index (κ3) is 26.1. The molecule has 0 aliphatic rings. The van der Waals surface area contributed by atoms with Crippen LogP contribution in [0.1, 0.15) is 111 Å². The minimum Gasteiger partial charge on any atom is -0.497 e. The van der Waals surface area contributed by atoms with Gasteiger partial charge in [0.05, 0.1) is 7.11 Å². The summed E-state index contributed by atoms with van der Waals surface area (Å²) in [5.41, 5.74) is 7.79. The third-order valence-corrected chi connectivity index (χ3v) is 6.25. The standard InChI is InChI=1S/C17H25NO2.C9H21NO.C8H8O2.CH4/c1-20-13-7-5-3-2-4-6-12-18-14-16-8-10-17(15-19)11-9-16;1-11-9-7-5-3-2-4-6-8-10;1-10-8-4-2-7(6-9)3-5-8;/h8-11,14-15H,2-7,12-13H2,1H3;2-10H2,1H3;2-6H,1H3;1H4. The van der Waals surface area contributed by atoms with Gasteiger partial charge in [-0.05, 0) is 62.1 Å². The molecule has 2 rings (SSSR count). The van der Waals surface area contributed by atoms with Crippen LogP contribution in [-0.4, -0.2) is 66.4 Å². The largest absolute Gasteiger partial charge is 0.497 e. The van der Waals surface area contributed by atoms with E-state index in [1.807, 2.05) is 30.5 Å². The van der Waals surface area contributed by atoms with Gasteiger partial charge < -0.3 is 19.9 Å². The van der Waals surface area contributed by atoms with Gasteiger partial charge in [0, 0.05) is 51.3 Å². The fourth-order valence-electron chi connectivity index (χ4n) is 3.77. The van der Waals surface area contributed by atoms with Gasteiger partial charge in [-0.15, -0.1) is 0 Å². The maximum absolute atomic E-state index is 10.5. The molecule has 0 aromatic heterocycles. The molecule has 7 nitrogen and oxygen atoms in total. The van der Waals surface area contributed by atoms with Crippen molar-refractivity contribution in [2.24, 2.45) is 10.7 Å². The fourth-order valence-corrected chi connectivity index (χ4v) is 3.77. The highest BCUT2D eigenvalue weighted by molar-refractivity contribution is 5.82. The predicted octanol–water partition coefficient (Wildman–Crippen LogP) is 7.98. The number of rotatable bonds is 21. The van der Waals surface area contributed by atoms with Gasteiger partial charge in [-0.2, -0.15) is 0 Å². The first-order valence-electron chi connectivity index (χ1n) is 15.0. The summed E-state index contributed by atoms with van der Waals surface area (Å²) in [6, 6.07) is 14.4. The zero-order valence-corrected chi connectivity index (χ0v) is 25.7. The fraction of sp³-hybridized carbons (Fsp3) is 0.571. The zero-order valence-electron chi connectivity index (χ0n) is 25.7. The molecular formula is C35H58N2O5. The minimum atomic E-state index is 0. The number of nitrogens with zero attached hydrogens (tertiary/aromatic N) is 1. The Morgan fingerprint density at radius 3 is 1.43 bits per heavy atom. The smallest absolute Gasteiger partial charge is 0.150 e. The third-order valence-electron chi connectivity index (χ3n) is 6.25. The van der Waals surface area contributed by atoms with Crippen molar-refractivity contribution < 1.29 is 23.8 Å². The Morgan fingerprint density at radius 1 is 0.595 bits per heavy atom. The molecule has 0 amide bonds. The van der Waals surface area contributed by atoms with Crippen LogP contribution in [0.3, 0.4) is 0 Å². The molecule has 0 aliphatic heterocycles. The van der Waals surface area contributed by atoms with Crippen molar-refractivity contribution in [1.82, 2.24) is 0 Å². The molecule has 0 saturated carbocycles. The van der Waals surface area contributed by atoms with Crippen LogP contribution in [-0.2, 0) is 9.47 Å². The number of nitrogens with two attached hydrogens (primary N) is 1. The number of hydrogen-bond donors (Lipinski definition) is 1. The molecule has 2 aromatic carbocycles. The number of ether oxygens (including phenoxy) is 3. The number of aliphatic imine (C=N–C) groups is 1. The summed E-state index contributed by atoms with van der Waals surface area (Å²) in [6.45, 7) is 3.52. The summed E-state index contributed by atoms with van der Waals surface area (Å²) < 4.78 is 14.9. The molecule has 0 unspecified atom stereocenters. The number of benzene rings is 2. The number of hydrogen-bond acceptors (Lipinski definition) is 7. The van der Waals surface area contributed by atoms with Crippen molar-refractivity contribution in [3.8, 4) is 5.75 Å². The normalized spacial score (nSPS) is 10.1. The average molecular weight is 587 g/mol. The molecule has 0 fully saturated rings. The molecule has 0 atom stereocenters. The topological polar surface area (TPSA) is 100 Å². The highest BCUT2D eigenvalue weighted by atomic mass is 16.5. The number of aldehydes is 2. The van der Waals surface area contributed by atoms with Crippen molar-refractivity contribution in [2.75, 3.05) is 47.6 Å². The Morgan fingerprint density at radius 2 is 1.00 bits per heavy atom. The summed E-state index contributed by atoms with van der Waals surface area (Å²) in [7, 11) is 5.11. The van der Waals surface area contributed by atoms with Gasteiger partial charge in [0.1, 0.15) is 18.3 Å². The molecule has 0 bridgehead atoms. The number of carbonyl (C=O) groups excluding carboxylic acids is 2. The first-order chi connectivity index (χ1) is 20.1. The monoisotopic (exact) mass is 586 g/mol. The first-order valence-corrected chi connectivity index (χ1v) is 15.0. The maximum Gasteiger partial charge on any atom is 0.150 e. The lowest BCUT2D eigenvalue weighted by Gasteiger charge is -2.00. The van der Waals surface area contributed by atoms with Gasteiger partial charge in [-0.1, -0.05) is 83.1 Å². The maximum atomic E-state index is 10.5. The molecule has 0 saturated heterocycles. The lowest BCUT2D eigenvalue weighted by molar-refractivity contribution is 0.111. The van der Waals surface area contributed by atoms with Crippen LogP contribution in [0.2, 0.25) is 0 Å². The Kier molecular flexibility index (Phi) is 32.1. The van der Waals surface area contributed by atoms with Crippen molar-refractivity contribution >= 4 is 18.8 Å². The van der Waals surface area contributed by atoms with E-state index in [-0.39, 0.29) is 7.43 Å². The molecule has 2 N–H and O–H groups in total. The number of carbonyl (C=O) groups is 2. The molecular weight excluding hydrogens is 528 g/mol. The second kappa shape index (κ2) is 32.6. The lowest BCUT2D eigenvalue weighted by atomic mass is 10.1. The van der Waals surface area contributed by atoms with E-state index in [1.165, 1.54) is 70.6 Å². The molecule has 0 heterocycles. The van der Waals surface area contributed by atoms with Crippen LogP contribution >= 0.6 is 0 Å². The molecule has 42 heavy (non-hydrogen) atoms. The van der Waals surface area contributed by atoms with Gasteiger partial charge in [-0.3, -0.25) is 14.6 Å². The molecule has 238 valence electrons. The van der Waals surface area contributed by atoms with Crippen molar-refractivity contribution in [2.45, 2.75) is 84.5 Å². The quantitative estimate of drug-likeness (QED) is 0.0904. The van der Waals surface area contributed by atoms with Crippen LogP contribution in [0.4, 0.5) is 0 Å². The average Bonchev–Trinajstić information content (AvgIpc) is 3.02. The van der Waals surface area contributed by atoms with E-state index in [2.05, 4.69) is 4.99 Å². The van der Waals surface area contributed by atoms with Crippen molar-refractivity contribution in [1.29, 1.82) is 0 Å². The number of unbranched alkanes of at least 4 members (excludes halogenated alkanes) is 10. The highest BCUT2D eigenvalue weighted by Gasteiger charge is 1.93. The highest BCUT2D eigenvalue weighted by Crippen LogP contribution is 2.09. The van der Waals surface area contributed by atoms with Gasteiger partial charge in [0.2, 0.25) is 0 Å². The van der Waals surface area contributed by atoms with Crippen molar-refractivity contribution in [3.05, 3.63) is 65.2 Å². The summed E-state index contributed by atoms with van der Waals surface area (Å²) in [5, 5.41) is 0. The SMILES string of the molecule is C.COCCCCCCCCN.COCCCCCCCCN=Cc1ccc(C=O)cc1.COc1ccc(C=O)cc1. The summed E-state index contributed by atoms with van der Waals surface area (Å²) >= 11 is 0. The van der Waals surface area contributed by atoms with Gasteiger partial charge in [0.15, 0.2) is 0 Å². The van der Waals surface area contributed by atoms with E-state index in [0.717, 1.165) is 56.6 Å². The van der Waals surface area contributed by atoms with E-state index < -0.39 is 0 Å². The zero-order chi connectivity index (χ0) is 30.2. The van der Waals surface area contributed by atoms with E-state index >= 15 is 0 Å². The van der Waals surface area contributed by atoms with Crippen LogP contribution < -0.4 is 10.5 Å².